The SMILES string of the molecule is COC1=C(c2ccc(OC)c(OC)c2)Oc2c(CCC(C)(C)O)c(O)cc(O)c2C1. The van der Waals surface area contributed by atoms with Crippen LogP contribution in [0.5, 0.6) is 28.7 Å². The maximum Gasteiger partial charge on any atom is 0.172 e. The van der Waals surface area contributed by atoms with Gasteiger partial charge in [0.1, 0.15) is 23.0 Å². The van der Waals surface area contributed by atoms with Gasteiger partial charge in [-0.25, -0.2) is 0 Å². The Balaban J connectivity index is 2.08. The normalized spacial score (nSPS) is 13.5. The fourth-order valence-electron chi connectivity index (χ4n) is 3.45. The summed E-state index contributed by atoms with van der Waals surface area (Å²) in [4.78, 5) is 0. The highest BCUT2D eigenvalue weighted by Crippen LogP contribution is 2.46. The number of hydrogen-bond donors (Lipinski definition) is 3. The summed E-state index contributed by atoms with van der Waals surface area (Å²) in [7, 11) is 4.65. The standard InChI is InChI=1S/C23H28O7/c1-23(2,26)9-8-14-16(24)12-17(25)15-11-20(29-5)21(30-22(14)15)13-6-7-18(27-3)19(10-13)28-4/h6-7,10,12,24-26H,8-9,11H2,1-5H3. The quantitative estimate of drug-likeness (QED) is 0.632. The Morgan fingerprint density at radius 1 is 0.967 bits per heavy atom. The van der Waals surface area contributed by atoms with E-state index in [1.165, 1.54) is 13.2 Å². The van der Waals surface area contributed by atoms with Crippen LogP contribution in [0.2, 0.25) is 0 Å². The minimum absolute atomic E-state index is 0.0737. The third-order valence-electron chi connectivity index (χ3n) is 5.11. The lowest BCUT2D eigenvalue weighted by molar-refractivity contribution is 0.0711. The second-order valence-corrected chi connectivity index (χ2v) is 7.82. The summed E-state index contributed by atoms with van der Waals surface area (Å²) >= 11 is 0. The largest absolute Gasteiger partial charge is 0.507 e. The average Bonchev–Trinajstić information content (AvgIpc) is 2.71. The molecule has 1 heterocycles. The summed E-state index contributed by atoms with van der Waals surface area (Å²) in [5, 5.41) is 31.0. The third-order valence-corrected chi connectivity index (χ3v) is 5.11. The minimum atomic E-state index is -0.911. The molecule has 0 saturated carbocycles. The summed E-state index contributed by atoms with van der Waals surface area (Å²) in [6, 6.07) is 6.66. The maximum absolute atomic E-state index is 10.5. The van der Waals surface area contributed by atoms with Crippen molar-refractivity contribution < 1.29 is 34.3 Å². The first-order valence-corrected chi connectivity index (χ1v) is 9.65. The highest BCUT2D eigenvalue weighted by Gasteiger charge is 2.30. The Morgan fingerprint density at radius 2 is 1.67 bits per heavy atom. The van der Waals surface area contributed by atoms with Gasteiger partial charge in [0.2, 0.25) is 0 Å². The fraction of sp³-hybridized carbons (Fsp3) is 0.391. The van der Waals surface area contributed by atoms with Crippen molar-refractivity contribution in [2.45, 2.75) is 38.7 Å². The van der Waals surface area contributed by atoms with Crippen molar-refractivity contribution in [3.05, 3.63) is 46.7 Å². The van der Waals surface area contributed by atoms with Crippen LogP contribution < -0.4 is 14.2 Å². The summed E-state index contributed by atoms with van der Waals surface area (Å²) in [5.41, 5.74) is 0.843. The van der Waals surface area contributed by atoms with Gasteiger partial charge in [0.25, 0.3) is 0 Å². The number of benzene rings is 2. The third kappa shape index (κ3) is 4.26. The summed E-state index contributed by atoms with van der Waals surface area (Å²) in [5.74, 6) is 2.33. The Kier molecular flexibility index (Phi) is 6.03. The second kappa shape index (κ2) is 8.36. The van der Waals surface area contributed by atoms with Crippen LogP contribution in [0, 0.1) is 0 Å². The van der Waals surface area contributed by atoms with E-state index in [1.807, 2.05) is 6.07 Å². The van der Waals surface area contributed by atoms with Gasteiger partial charge in [0.15, 0.2) is 17.3 Å². The van der Waals surface area contributed by atoms with Crippen LogP contribution in [0.1, 0.15) is 37.0 Å². The highest BCUT2D eigenvalue weighted by atomic mass is 16.5. The number of hydrogen-bond acceptors (Lipinski definition) is 7. The summed E-state index contributed by atoms with van der Waals surface area (Å²) < 4.78 is 22.5. The Morgan fingerprint density at radius 3 is 2.27 bits per heavy atom. The molecule has 30 heavy (non-hydrogen) atoms. The average molecular weight is 416 g/mol. The molecule has 0 aliphatic carbocycles. The molecular formula is C23H28O7. The number of phenolic OH excluding ortho intramolecular Hbond substituents is 2. The molecule has 0 aromatic heterocycles. The molecule has 7 nitrogen and oxygen atoms in total. The smallest absolute Gasteiger partial charge is 0.172 e. The lowest BCUT2D eigenvalue weighted by Crippen LogP contribution is -2.20. The molecule has 2 aromatic carbocycles. The van der Waals surface area contributed by atoms with Crippen molar-refractivity contribution in [3.63, 3.8) is 0 Å². The monoisotopic (exact) mass is 416 g/mol. The van der Waals surface area contributed by atoms with E-state index in [1.54, 1.807) is 40.2 Å². The molecule has 162 valence electrons. The molecule has 7 heteroatoms. The van der Waals surface area contributed by atoms with E-state index in [9.17, 15) is 15.3 Å². The zero-order valence-electron chi connectivity index (χ0n) is 17.9. The van der Waals surface area contributed by atoms with Crippen molar-refractivity contribution in [2.24, 2.45) is 0 Å². The molecule has 3 N–H and O–H groups in total. The van der Waals surface area contributed by atoms with Gasteiger partial charge in [0, 0.05) is 29.2 Å². The molecule has 3 rings (SSSR count). The van der Waals surface area contributed by atoms with Crippen molar-refractivity contribution >= 4 is 5.76 Å². The molecule has 1 aliphatic heterocycles. The number of rotatable bonds is 7. The van der Waals surface area contributed by atoms with Crippen LogP contribution in [0.4, 0.5) is 0 Å². The molecule has 0 bridgehead atoms. The molecule has 0 spiro atoms. The molecule has 0 saturated heterocycles. The molecule has 1 aliphatic rings. The maximum atomic E-state index is 10.5. The van der Waals surface area contributed by atoms with Crippen molar-refractivity contribution in [3.8, 4) is 28.7 Å². The van der Waals surface area contributed by atoms with Gasteiger partial charge in [-0.1, -0.05) is 0 Å². The summed E-state index contributed by atoms with van der Waals surface area (Å²) in [6.45, 7) is 3.41. The van der Waals surface area contributed by atoms with Crippen LogP contribution in [-0.4, -0.2) is 42.3 Å². The molecule has 0 atom stereocenters. The first-order chi connectivity index (χ1) is 14.2. The number of phenols is 2. The topological polar surface area (TPSA) is 97.6 Å². The lowest BCUT2D eigenvalue weighted by atomic mass is 9.93. The van der Waals surface area contributed by atoms with Crippen LogP contribution in [0.15, 0.2) is 30.0 Å². The van der Waals surface area contributed by atoms with Crippen molar-refractivity contribution in [1.82, 2.24) is 0 Å². The van der Waals surface area contributed by atoms with Crippen LogP contribution in [0.25, 0.3) is 5.76 Å². The zero-order chi connectivity index (χ0) is 22.1. The van der Waals surface area contributed by atoms with Gasteiger partial charge in [-0.3, -0.25) is 0 Å². The summed E-state index contributed by atoms with van der Waals surface area (Å²) in [6.07, 6.45) is 1.07. The van der Waals surface area contributed by atoms with Gasteiger partial charge < -0.3 is 34.3 Å². The fourth-order valence-corrected chi connectivity index (χ4v) is 3.45. The van der Waals surface area contributed by atoms with Crippen LogP contribution >= 0.6 is 0 Å². The second-order valence-electron chi connectivity index (χ2n) is 7.82. The van der Waals surface area contributed by atoms with Gasteiger partial charge in [-0.05, 0) is 44.9 Å². The minimum Gasteiger partial charge on any atom is -0.507 e. The van der Waals surface area contributed by atoms with Gasteiger partial charge in [0.05, 0.1) is 26.9 Å². The molecule has 0 amide bonds. The zero-order valence-corrected chi connectivity index (χ0v) is 17.9. The van der Waals surface area contributed by atoms with E-state index in [2.05, 4.69) is 0 Å². The highest BCUT2D eigenvalue weighted by molar-refractivity contribution is 5.72. The van der Waals surface area contributed by atoms with Crippen molar-refractivity contribution in [2.75, 3.05) is 21.3 Å². The number of allylic oxidation sites excluding steroid dienone is 1. The van der Waals surface area contributed by atoms with Crippen LogP contribution in [0.3, 0.4) is 0 Å². The van der Waals surface area contributed by atoms with E-state index >= 15 is 0 Å². The molecular weight excluding hydrogens is 388 g/mol. The molecule has 0 radical (unpaired) electrons. The lowest BCUT2D eigenvalue weighted by Gasteiger charge is -2.27. The van der Waals surface area contributed by atoms with Crippen molar-refractivity contribution in [1.29, 1.82) is 0 Å². The number of aliphatic hydroxyl groups is 1. The number of ether oxygens (including phenoxy) is 4. The number of aromatic hydroxyl groups is 2. The predicted molar refractivity (Wildman–Crippen MR) is 112 cm³/mol. The van der Waals surface area contributed by atoms with Gasteiger partial charge in [-0.2, -0.15) is 0 Å². The first kappa shape index (κ1) is 21.6. The molecule has 0 unspecified atom stereocenters. The Bertz CT molecular complexity index is 970. The molecule has 0 fully saturated rings. The van der Waals surface area contributed by atoms with Crippen LogP contribution in [-0.2, 0) is 17.6 Å². The van der Waals surface area contributed by atoms with Gasteiger partial charge >= 0.3 is 0 Å². The Labute approximate surface area is 176 Å². The van der Waals surface area contributed by atoms with E-state index < -0.39 is 5.60 Å². The van der Waals surface area contributed by atoms with E-state index in [4.69, 9.17) is 18.9 Å². The number of methoxy groups -OCH3 is 3. The van der Waals surface area contributed by atoms with E-state index in [-0.39, 0.29) is 17.9 Å². The first-order valence-electron chi connectivity index (χ1n) is 9.65. The predicted octanol–water partition coefficient (Wildman–Crippen LogP) is 3.77. The Hall–Kier alpha value is -3.06. The van der Waals surface area contributed by atoms with Gasteiger partial charge in [-0.15, -0.1) is 0 Å². The molecule has 2 aromatic rings. The van der Waals surface area contributed by atoms with E-state index in [0.717, 1.165) is 0 Å². The van der Waals surface area contributed by atoms with E-state index in [0.29, 0.717) is 58.3 Å². The number of fused-ring (bicyclic) bond motifs is 1.